The Morgan fingerprint density at radius 2 is 1.54 bits per heavy atom. The van der Waals surface area contributed by atoms with Crippen molar-refractivity contribution >= 4 is 85.2 Å². The summed E-state index contributed by atoms with van der Waals surface area (Å²) < 4.78 is 32.0. The summed E-state index contributed by atoms with van der Waals surface area (Å²) in [6.07, 6.45) is 8.79. The van der Waals surface area contributed by atoms with Gasteiger partial charge in [-0.15, -0.1) is 11.3 Å². The second-order valence-corrected chi connectivity index (χ2v) is 27.0. The van der Waals surface area contributed by atoms with Crippen LogP contribution in [0.4, 0.5) is 28.8 Å². The van der Waals surface area contributed by atoms with E-state index in [0.29, 0.717) is 36.0 Å². The number of halogens is 1. The van der Waals surface area contributed by atoms with Crippen LogP contribution in [0.2, 0.25) is 5.02 Å². The molecule has 0 saturated carbocycles. The number of piperazine rings is 1. The zero-order chi connectivity index (χ0) is 59.4. The molecule has 8 rings (SSSR count). The number of para-hydroxylation sites is 1. The number of methoxy groups -OCH3 is 1. The van der Waals surface area contributed by atoms with Gasteiger partial charge < -0.3 is 45.8 Å². The first-order chi connectivity index (χ1) is 39.7. The number of carbonyl (C=O) groups is 4. The van der Waals surface area contributed by atoms with Gasteiger partial charge in [0.2, 0.25) is 29.6 Å². The number of unbranched alkanes of at least 4 members (excludes halogenated alkanes) is 5. The number of amides is 4. The maximum Gasteiger partial charge on any atom is 0.246 e. The number of sulfone groups is 1. The highest BCUT2D eigenvalue weighted by Crippen LogP contribution is 2.36. The van der Waals surface area contributed by atoms with Gasteiger partial charge in [0, 0.05) is 89.4 Å². The summed E-state index contributed by atoms with van der Waals surface area (Å²) in [6.45, 7) is 16.2. The molecular weight excluding hydrogens is 1110 g/mol. The van der Waals surface area contributed by atoms with E-state index in [2.05, 4.69) is 46.0 Å². The number of carbonyl (C=O) groups excluding carboxylic acids is 4. The standard InChI is InChI=1S/C61H82ClN11O8S2/c1-40(2)83(79,80)52-17-15-14-16-49(52)66-57-47(62)37-64-60(69-57)67-48-25-24-45(34-51(48)81-7)70-28-26-44(27-29-70)71-30-32-72(33-31-71)54(76)19-13-11-9-8-10-12-18-53(75)68-56(61(4,5)6)59(78)73-38-46(74)35-50(73)58(77)63-36-42-20-22-43(23-21-42)55-41(3)65-39-82-55/h14-17,20-25,34,37,39-40,44,46,50,56,74H,8-13,18-19,26-33,35-36,38H2,1-7H3,(H,63,77)(H,68,75)(H2,64,66,67,69)/t46-,50+,56?/m1/s1. The third-order valence-electron chi connectivity index (χ3n) is 16.0. The number of β-amino-alcohol motifs (C(OH)–C–C–N with tert-alkyl or cyclic N) is 1. The van der Waals surface area contributed by atoms with Crippen molar-refractivity contribution in [1.82, 2.24) is 40.3 Å². The number of aliphatic hydroxyl groups is 1. The number of nitrogens with zero attached hydrogens (tertiary/aromatic N) is 7. The van der Waals surface area contributed by atoms with Crippen LogP contribution in [0.15, 0.2) is 83.3 Å². The lowest BCUT2D eigenvalue weighted by Gasteiger charge is -2.43. The second-order valence-electron chi connectivity index (χ2n) is 23.3. The lowest BCUT2D eigenvalue weighted by atomic mass is 9.85. The lowest BCUT2D eigenvalue weighted by molar-refractivity contribution is -0.144. The quantitative estimate of drug-likeness (QED) is 0.0363. The van der Waals surface area contributed by atoms with Gasteiger partial charge in [-0.2, -0.15) is 4.98 Å². The molecule has 0 aliphatic carbocycles. The first-order valence-corrected chi connectivity index (χ1v) is 31.9. The number of anilines is 5. The average Bonchev–Trinajstić information content (AvgIpc) is 4.29. The molecule has 22 heteroatoms. The molecule has 5 N–H and O–H groups in total. The van der Waals surface area contributed by atoms with Crippen molar-refractivity contribution in [1.29, 1.82) is 0 Å². The number of thiazole rings is 1. The highest BCUT2D eigenvalue weighted by molar-refractivity contribution is 7.92. The smallest absolute Gasteiger partial charge is 0.246 e. The van der Waals surface area contributed by atoms with Gasteiger partial charge in [-0.1, -0.05) is 94.5 Å². The third kappa shape index (κ3) is 16.3. The summed E-state index contributed by atoms with van der Waals surface area (Å²) in [7, 11) is -1.96. The molecule has 3 fully saturated rings. The largest absolute Gasteiger partial charge is 0.494 e. The number of rotatable bonds is 24. The molecular formula is C61H82ClN11O8S2. The van der Waals surface area contributed by atoms with E-state index < -0.39 is 38.7 Å². The first kappa shape index (κ1) is 62.7. The van der Waals surface area contributed by atoms with Crippen LogP contribution in [0, 0.1) is 12.3 Å². The van der Waals surface area contributed by atoms with Crippen molar-refractivity contribution in [3.05, 3.63) is 94.7 Å². The van der Waals surface area contributed by atoms with E-state index in [1.54, 1.807) is 56.6 Å². The molecule has 3 aliphatic rings. The van der Waals surface area contributed by atoms with Gasteiger partial charge in [0.05, 0.1) is 57.0 Å². The normalized spacial score (nSPS) is 17.6. The highest BCUT2D eigenvalue weighted by Gasteiger charge is 2.44. The molecule has 3 aromatic carbocycles. The number of hydrogen-bond donors (Lipinski definition) is 5. The Balaban J connectivity index is 0.698. The number of benzene rings is 3. The number of nitrogens with one attached hydrogen (secondary N) is 4. The average molecular weight is 1200 g/mol. The molecule has 3 atom stereocenters. The van der Waals surface area contributed by atoms with Crippen molar-refractivity contribution in [2.75, 3.05) is 68.5 Å². The molecule has 0 bridgehead atoms. The number of aryl methyl sites for hydroxylation is 1. The van der Waals surface area contributed by atoms with E-state index in [4.69, 9.17) is 16.3 Å². The molecule has 5 aromatic rings. The molecule has 0 radical (unpaired) electrons. The minimum absolute atomic E-state index is 0.0195. The van der Waals surface area contributed by atoms with Gasteiger partial charge in [-0.05, 0) is 87.3 Å². The summed E-state index contributed by atoms with van der Waals surface area (Å²) >= 11 is 8.06. The number of likely N-dealkylation sites (tertiary alicyclic amines) is 1. The molecule has 0 spiro atoms. The van der Waals surface area contributed by atoms with Crippen LogP contribution in [-0.4, -0.2) is 149 Å². The fourth-order valence-corrected chi connectivity index (χ4v) is 13.2. The maximum absolute atomic E-state index is 14.1. The molecule has 19 nitrogen and oxygen atoms in total. The summed E-state index contributed by atoms with van der Waals surface area (Å²) in [5.41, 5.74) is 6.19. The van der Waals surface area contributed by atoms with Crippen molar-refractivity contribution < 1.29 is 37.4 Å². The molecule has 3 aliphatic heterocycles. The number of aliphatic hydroxyl groups excluding tert-OH is 1. The van der Waals surface area contributed by atoms with Crippen LogP contribution in [0.5, 0.6) is 5.75 Å². The number of aromatic nitrogens is 3. The van der Waals surface area contributed by atoms with Gasteiger partial charge in [0.25, 0.3) is 0 Å². The Bertz CT molecular complexity index is 3140. The van der Waals surface area contributed by atoms with E-state index in [9.17, 15) is 32.7 Å². The van der Waals surface area contributed by atoms with Crippen LogP contribution in [0.25, 0.3) is 10.4 Å². The van der Waals surface area contributed by atoms with Crippen molar-refractivity contribution in [3.63, 3.8) is 0 Å². The van der Waals surface area contributed by atoms with Crippen molar-refractivity contribution in [2.24, 2.45) is 5.41 Å². The monoisotopic (exact) mass is 1200 g/mol. The summed E-state index contributed by atoms with van der Waals surface area (Å²) in [4.78, 5) is 77.0. The van der Waals surface area contributed by atoms with Crippen LogP contribution < -0.4 is 30.9 Å². The van der Waals surface area contributed by atoms with Crippen molar-refractivity contribution in [2.45, 2.75) is 153 Å². The molecule has 4 amide bonds. The van der Waals surface area contributed by atoms with Crippen LogP contribution >= 0.6 is 22.9 Å². The summed E-state index contributed by atoms with van der Waals surface area (Å²) in [5.74, 6) is 0.401. The van der Waals surface area contributed by atoms with Gasteiger partial charge in [0.15, 0.2) is 15.7 Å². The zero-order valence-electron chi connectivity index (χ0n) is 49.0. The van der Waals surface area contributed by atoms with E-state index in [1.807, 2.05) is 80.6 Å². The summed E-state index contributed by atoms with van der Waals surface area (Å²) in [6, 6.07) is 19.3. The summed E-state index contributed by atoms with van der Waals surface area (Å²) in [5, 5.41) is 22.5. The highest BCUT2D eigenvalue weighted by atomic mass is 35.5. The van der Waals surface area contributed by atoms with E-state index in [1.165, 1.54) is 11.1 Å². The molecule has 5 heterocycles. The van der Waals surface area contributed by atoms with Crippen LogP contribution in [0.3, 0.4) is 0 Å². The topological polar surface area (TPSA) is 232 Å². The zero-order valence-corrected chi connectivity index (χ0v) is 51.3. The van der Waals surface area contributed by atoms with Gasteiger partial charge in [-0.25, -0.2) is 18.4 Å². The Kier molecular flexibility index (Phi) is 21.5. The number of ether oxygens (including phenoxy) is 1. The van der Waals surface area contributed by atoms with Gasteiger partial charge in [0.1, 0.15) is 22.9 Å². The third-order valence-corrected chi connectivity index (χ3v) is 19.5. The SMILES string of the molecule is COc1cc(N2CCC(N3CCN(C(=O)CCCCCCCCC(=O)NC(C(=O)N4C[C@H](O)C[C@H]4C(=O)NCc4ccc(-c5scnc5C)cc4)C(C)(C)C)CC3)CC2)ccc1Nc1ncc(Cl)c(Nc2ccccc2S(=O)(=O)C(C)C)n1. The van der Waals surface area contributed by atoms with E-state index in [-0.39, 0.29) is 71.2 Å². The van der Waals surface area contributed by atoms with Gasteiger partial charge in [-0.3, -0.25) is 24.1 Å². The molecule has 2 aromatic heterocycles. The minimum Gasteiger partial charge on any atom is -0.494 e. The predicted octanol–water partition coefficient (Wildman–Crippen LogP) is 9.28. The van der Waals surface area contributed by atoms with E-state index in [0.717, 1.165) is 112 Å². The lowest BCUT2D eigenvalue weighted by Crippen LogP contribution is -2.57. The number of piperidine rings is 1. The second kappa shape index (κ2) is 28.5. The molecule has 448 valence electrons. The Morgan fingerprint density at radius 3 is 2.20 bits per heavy atom. The first-order valence-electron chi connectivity index (χ1n) is 29.1. The molecule has 1 unspecified atom stereocenters. The predicted molar refractivity (Wildman–Crippen MR) is 327 cm³/mol. The minimum atomic E-state index is -3.58. The molecule has 83 heavy (non-hydrogen) atoms. The van der Waals surface area contributed by atoms with E-state index >= 15 is 0 Å². The Morgan fingerprint density at radius 1 is 0.855 bits per heavy atom. The maximum atomic E-state index is 14.1. The Hall–Kier alpha value is -6.39. The van der Waals surface area contributed by atoms with Crippen LogP contribution in [-0.2, 0) is 35.6 Å². The molecule has 3 saturated heterocycles. The fraction of sp³-hybridized carbons (Fsp3) is 0.525. The fourth-order valence-electron chi connectivity index (χ4n) is 11.1. The Labute approximate surface area is 498 Å². The van der Waals surface area contributed by atoms with Crippen molar-refractivity contribution in [3.8, 4) is 16.2 Å². The van der Waals surface area contributed by atoms with Gasteiger partial charge >= 0.3 is 0 Å². The number of hydrogen-bond acceptors (Lipinski definition) is 16. The van der Waals surface area contributed by atoms with Crippen LogP contribution in [0.1, 0.15) is 117 Å².